The van der Waals surface area contributed by atoms with Gasteiger partial charge in [-0.15, -0.1) is 0 Å². The zero-order valence-electron chi connectivity index (χ0n) is 15.8. The van der Waals surface area contributed by atoms with Crippen molar-refractivity contribution in [1.29, 1.82) is 0 Å². The number of hydrogen-bond acceptors (Lipinski definition) is 3. The Balaban J connectivity index is 1.57. The summed E-state index contributed by atoms with van der Waals surface area (Å²) < 4.78 is 26.6. The summed E-state index contributed by atoms with van der Waals surface area (Å²) in [4.78, 5) is 26.5. The number of benzene rings is 2. The van der Waals surface area contributed by atoms with Crippen LogP contribution in [0.1, 0.15) is 34.8 Å². The predicted octanol–water partition coefficient (Wildman–Crippen LogP) is 3.30. The van der Waals surface area contributed by atoms with Crippen molar-refractivity contribution in [3.8, 4) is 0 Å². The molecule has 1 unspecified atom stereocenters. The Morgan fingerprint density at radius 3 is 2.48 bits per heavy atom. The zero-order chi connectivity index (χ0) is 20.8. The van der Waals surface area contributed by atoms with E-state index in [4.69, 9.17) is 11.6 Å². The van der Waals surface area contributed by atoms with Gasteiger partial charge in [-0.05, 0) is 49.7 Å². The first-order valence-corrected chi connectivity index (χ1v) is 9.82. The van der Waals surface area contributed by atoms with Crippen LogP contribution in [-0.4, -0.2) is 42.9 Å². The van der Waals surface area contributed by atoms with E-state index < -0.39 is 23.4 Å². The van der Waals surface area contributed by atoms with Crippen molar-refractivity contribution in [2.45, 2.75) is 18.9 Å². The van der Waals surface area contributed by atoms with E-state index in [-0.39, 0.29) is 18.2 Å². The summed E-state index contributed by atoms with van der Waals surface area (Å²) in [6.07, 6.45) is 2.18. The van der Waals surface area contributed by atoms with E-state index in [1.165, 1.54) is 0 Å². The molecular formula is C21H22ClF2N3O2. The van der Waals surface area contributed by atoms with Gasteiger partial charge in [0.25, 0.3) is 5.91 Å². The number of halogens is 3. The molecule has 0 radical (unpaired) electrons. The van der Waals surface area contributed by atoms with Crippen molar-refractivity contribution in [3.05, 3.63) is 70.2 Å². The molecule has 5 nitrogen and oxygen atoms in total. The molecule has 0 saturated carbocycles. The Morgan fingerprint density at radius 1 is 1.07 bits per heavy atom. The lowest BCUT2D eigenvalue weighted by Gasteiger charge is -2.29. The maximum atomic E-state index is 13.7. The molecule has 1 aliphatic rings. The van der Waals surface area contributed by atoms with E-state index in [1.807, 2.05) is 24.3 Å². The summed E-state index contributed by atoms with van der Waals surface area (Å²) in [6.45, 7) is 1.87. The third kappa shape index (κ3) is 5.52. The highest BCUT2D eigenvalue weighted by atomic mass is 35.5. The molecule has 2 aromatic carbocycles. The highest BCUT2D eigenvalue weighted by molar-refractivity contribution is 6.31. The average molecular weight is 422 g/mol. The fourth-order valence-corrected chi connectivity index (χ4v) is 3.70. The van der Waals surface area contributed by atoms with Crippen molar-refractivity contribution in [3.63, 3.8) is 0 Å². The van der Waals surface area contributed by atoms with Gasteiger partial charge < -0.3 is 10.6 Å². The molecule has 1 heterocycles. The van der Waals surface area contributed by atoms with Gasteiger partial charge in [-0.2, -0.15) is 0 Å². The van der Waals surface area contributed by atoms with Crippen LogP contribution < -0.4 is 10.6 Å². The smallest absolute Gasteiger partial charge is 0.254 e. The summed E-state index contributed by atoms with van der Waals surface area (Å²) in [5, 5.41) is 5.80. The first-order valence-electron chi connectivity index (χ1n) is 9.44. The lowest BCUT2D eigenvalue weighted by molar-refractivity contribution is -0.120. The number of carbonyl (C=O) groups is 2. The Kier molecular flexibility index (Phi) is 7.17. The largest absolute Gasteiger partial charge is 0.353 e. The van der Waals surface area contributed by atoms with Gasteiger partial charge in [-0.1, -0.05) is 29.8 Å². The molecular weight excluding hydrogens is 400 g/mol. The van der Waals surface area contributed by atoms with Crippen LogP contribution in [0.5, 0.6) is 0 Å². The number of likely N-dealkylation sites (tertiary alicyclic amines) is 1. The molecule has 1 aliphatic heterocycles. The predicted molar refractivity (Wildman–Crippen MR) is 107 cm³/mol. The number of carbonyl (C=O) groups excluding carboxylic acids is 2. The van der Waals surface area contributed by atoms with Crippen molar-refractivity contribution < 1.29 is 18.4 Å². The third-order valence-corrected chi connectivity index (χ3v) is 5.27. The zero-order valence-corrected chi connectivity index (χ0v) is 16.5. The van der Waals surface area contributed by atoms with Gasteiger partial charge in [0.1, 0.15) is 11.6 Å². The Morgan fingerprint density at radius 2 is 1.79 bits per heavy atom. The van der Waals surface area contributed by atoms with Crippen LogP contribution in [0, 0.1) is 11.6 Å². The Labute approximate surface area is 173 Å². The topological polar surface area (TPSA) is 61.4 Å². The van der Waals surface area contributed by atoms with E-state index in [2.05, 4.69) is 15.5 Å². The summed E-state index contributed by atoms with van der Waals surface area (Å²) >= 11 is 6.35. The first-order chi connectivity index (χ1) is 14.0. The number of hydrogen-bond donors (Lipinski definition) is 2. The van der Waals surface area contributed by atoms with E-state index in [9.17, 15) is 18.4 Å². The monoisotopic (exact) mass is 421 g/mol. The number of nitrogens with one attached hydrogen (secondary N) is 2. The van der Waals surface area contributed by atoms with Crippen LogP contribution in [0.15, 0.2) is 42.5 Å². The molecule has 0 aliphatic carbocycles. The second-order valence-electron chi connectivity index (χ2n) is 6.89. The lowest BCUT2D eigenvalue weighted by atomic mass is 10.1. The maximum Gasteiger partial charge on any atom is 0.254 e. The molecule has 0 bridgehead atoms. The molecule has 2 N–H and O–H groups in total. The number of nitrogens with zero attached hydrogens (tertiary/aromatic N) is 1. The molecule has 1 atom stereocenters. The van der Waals surface area contributed by atoms with Crippen LogP contribution in [0.4, 0.5) is 8.78 Å². The normalized spacial score (nSPS) is 15.1. The third-order valence-electron chi connectivity index (χ3n) is 4.92. The minimum Gasteiger partial charge on any atom is -0.353 e. The molecule has 8 heteroatoms. The van der Waals surface area contributed by atoms with Gasteiger partial charge in [0, 0.05) is 17.6 Å². The molecule has 0 aromatic heterocycles. The van der Waals surface area contributed by atoms with Gasteiger partial charge in [0.15, 0.2) is 0 Å². The van der Waals surface area contributed by atoms with E-state index in [1.54, 1.807) is 0 Å². The summed E-state index contributed by atoms with van der Waals surface area (Å²) in [7, 11) is 0. The van der Waals surface area contributed by atoms with Gasteiger partial charge in [-0.3, -0.25) is 14.5 Å². The van der Waals surface area contributed by atoms with Gasteiger partial charge in [0.05, 0.1) is 18.2 Å². The Hall–Kier alpha value is -2.51. The number of amides is 2. The van der Waals surface area contributed by atoms with Crippen LogP contribution in [0.3, 0.4) is 0 Å². The van der Waals surface area contributed by atoms with Gasteiger partial charge in [0.2, 0.25) is 5.91 Å². The highest BCUT2D eigenvalue weighted by Crippen LogP contribution is 2.29. The van der Waals surface area contributed by atoms with Crippen molar-refractivity contribution in [2.75, 3.05) is 26.2 Å². The fraction of sp³-hybridized carbons (Fsp3) is 0.333. The molecule has 2 amide bonds. The second-order valence-corrected chi connectivity index (χ2v) is 7.30. The second kappa shape index (κ2) is 9.80. The maximum absolute atomic E-state index is 13.7. The van der Waals surface area contributed by atoms with E-state index >= 15 is 0 Å². The SMILES string of the molecule is O=C(CNC(=O)c1ccc(F)cc1F)NCC(c1ccccc1Cl)N1CCCC1. The summed E-state index contributed by atoms with van der Waals surface area (Å²) in [5.41, 5.74) is 0.624. The van der Waals surface area contributed by atoms with Crippen LogP contribution in [0.25, 0.3) is 0 Å². The van der Waals surface area contributed by atoms with Crippen LogP contribution in [-0.2, 0) is 4.79 Å². The van der Waals surface area contributed by atoms with Crippen molar-refractivity contribution in [1.82, 2.24) is 15.5 Å². The van der Waals surface area contributed by atoms with Crippen LogP contribution >= 0.6 is 11.6 Å². The van der Waals surface area contributed by atoms with E-state index in [0.717, 1.165) is 43.6 Å². The fourth-order valence-electron chi connectivity index (χ4n) is 3.44. The van der Waals surface area contributed by atoms with Gasteiger partial charge >= 0.3 is 0 Å². The molecule has 29 heavy (non-hydrogen) atoms. The van der Waals surface area contributed by atoms with Crippen LogP contribution in [0.2, 0.25) is 5.02 Å². The summed E-state index contributed by atoms with van der Waals surface area (Å²) in [6, 6.07) is 10.1. The van der Waals surface area contributed by atoms with Gasteiger partial charge in [-0.25, -0.2) is 8.78 Å². The molecule has 0 spiro atoms. The first kappa shape index (κ1) is 21.2. The average Bonchev–Trinajstić information content (AvgIpc) is 3.22. The quantitative estimate of drug-likeness (QED) is 0.721. The molecule has 2 aromatic rings. The minimum atomic E-state index is -0.976. The highest BCUT2D eigenvalue weighted by Gasteiger charge is 2.25. The van der Waals surface area contributed by atoms with Crippen molar-refractivity contribution >= 4 is 23.4 Å². The Bertz CT molecular complexity index is 888. The molecule has 3 rings (SSSR count). The lowest BCUT2D eigenvalue weighted by Crippen LogP contribution is -2.41. The van der Waals surface area contributed by atoms with Crippen molar-refractivity contribution in [2.24, 2.45) is 0 Å². The summed E-state index contributed by atoms with van der Waals surface area (Å²) in [5.74, 6) is -2.93. The standard InChI is InChI=1S/C21H22ClF2N3O2/c22-17-6-2-1-5-15(17)19(27-9-3-4-10-27)12-25-20(28)13-26-21(29)16-8-7-14(23)11-18(16)24/h1-2,5-8,11,19H,3-4,9-10,12-13H2,(H,25,28)(H,26,29). The minimum absolute atomic E-state index is 0.0691. The number of rotatable bonds is 7. The molecule has 154 valence electrons. The van der Waals surface area contributed by atoms with E-state index in [0.29, 0.717) is 17.6 Å². The molecule has 1 fully saturated rings. The molecule has 1 saturated heterocycles.